The van der Waals surface area contributed by atoms with Gasteiger partial charge in [-0.05, 0) is 30.3 Å². The molecular weight excluding hydrogens is 598 g/mol. The van der Waals surface area contributed by atoms with Crippen LogP contribution < -0.4 is 5.32 Å². The van der Waals surface area contributed by atoms with Crippen molar-refractivity contribution in [3.63, 3.8) is 0 Å². The molecule has 0 aliphatic heterocycles. The van der Waals surface area contributed by atoms with Crippen molar-refractivity contribution >= 4 is 51.4 Å². The van der Waals surface area contributed by atoms with E-state index in [4.69, 9.17) is 11.6 Å². The third-order valence-corrected chi connectivity index (χ3v) is 7.02. The van der Waals surface area contributed by atoms with Crippen molar-refractivity contribution in [2.45, 2.75) is 33.3 Å². The van der Waals surface area contributed by atoms with Crippen LogP contribution in [0.15, 0.2) is 46.2 Å². The number of nitro benzene ring substituents is 1. The summed E-state index contributed by atoms with van der Waals surface area (Å²) < 4.78 is 141. The Kier molecular flexibility index (Phi) is 8.81. The van der Waals surface area contributed by atoms with Gasteiger partial charge in [-0.1, -0.05) is 11.6 Å². The van der Waals surface area contributed by atoms with E-state index >= 15 is 0 Å². The predicted octanol–water partition coefficient (Wildman–Crippen LogP) is 6.90. The van der Waals surface area contributed by atoms with Crippen molar-refractivity contribution in [1.82, 2.24) is 0 Å². The van der Waals surface area contributed by atoms with Gasteiger partial charge in [0.05, 0.1) is 36.7 Å². The number of hydrogen-bond acceptors (Lipinski definition) is 5. The van der Waals surface area contributed by atoms with E-state index in [1.807, 2.05) is 5.32 Å². The maximum atomic E-state index is 13.7. The van der Waals surface area contributed by atoms with Gasteiger partial charge in [-0.3, -0.25) is 14.9 Å². The molecule has 1 amide bonds. The molecule has 6 nitrogen and oxygen atoms in total. The molecule has 204 valence electrons. The molecule has 0 spiro atoms. The number of amides is 1. The van der Waals surface area contributed by atoms with Gasteiger partial charge in [0.15, 0.2) is 0 Å². The van der Waals surface area contributed by atoms with Crippen LogP contribution in [0.4, 0.5) is 55.3 Å². The number of nitrogens with zero attached hydrogens (tertiary/aromatic N) is 1. The zero-order valence-corrected chi connectivity index (χ0v) is 19.6. The molecule has 1 N–H and O–H groups in total. The van der Waals surface area contributed by atoms with Crippen molar-refractivity contribution in [3.05, 3.63) is 57.1 Å². The van der Waals surface area contributed by atoms with E-state index in [1.54, 1.807) is 0 Å². The van der Waals surface area contributed by atoms with Crippen LogP contribution in [0, 0.1) is 10.1 Å². The van der Waals surface area contributed by atoms with E-state index in [0.717, 1.165) is 6.07 Å². The van der Waals surface area contributed by atoms with Crippen LogP contribution >= 0.6 is 23.4 Å². The number of carbonyl (C=O) groups is 1. The Balaban J connectivity index is 2.26. The first-order chi connectivity index (χ1) is 16.7. The molecule has 1 atom stereocenters. The number of alkyl halides is 10. The third-order valence-electron chi connectivity index (χ3n) is 4.22. The van der Waals surface area contributed by atoms with Gasteiger partial charge in [-0.2, -0.15) is 43.9 Å². The lowest BCUT2D eigenvalue weighted by atomic mass is 10.2. The van der Waals surface area contributed by atoms with Gasteiger partial charge < -0.3 is 5.32 Å². The van der Waals surface area contributed by atoms with Gasteiger partial charge in [-0.15, -0.1) is 11.8 Å². The zero-order chi connectivity index (χ0) is 28.6. The number of thioether (sulfide) groups is 1. The Morgan fingerprint density at radius 1 is 1.00 bits per heavy atom. The van der Waals surface area contributed by atoms with E-state index in [2.05, 4.69) is 0 Å². The van der Waals surface area contributed by atoms with Crippen LogP contribution in [0.3, 0.4) is 0 Å². The topological polar surface area (TPSA) is 89.3 Å². The standard InChI is InChI=1S/C18H9ClF10N2O4S2/c19-10-3-1-8(15(20,21)22)5-11(10)30-14(32)7-36-13-4-2-9(6-12(13)31(33)34)37(35)18(28,29)16(23,24)17(25,26)27/h1-6H,7H2,(H,30,32). The van der Waals surface area contributed by atoms with Crippen LogP contribution in [0.2, 0.25) is 5.02 Å². The summed E-state index contributed by atoms with van der Waals surface area (Å²) in [6.45, 7) is 0. The number of benzene rings is 2. The largest absolute Gasteiger partial charge is 0.461 e. The second kappa shape index (κ2) is 10.6. The fourth-order valence-corrected chi connectivity index (χ4v) is 4.46. The highest BCUT2D eigenvalue weighted by Crippen LogP contribution is 2.49. The van der Waals surface area contributed by atoms with E-state index in [1.165, 1.54) is 0 Å². The molecule has 0 saturated heterocycles. The second-order valence-electron chi connectivity index (χ2n) is 6.77. The highest BCUT2D eigenvalue weighted by molar-refractivity contribution is 8.00. The lowest BCUT2D eigenvalue weighted by Gasteiger charge is -2.27. The summed E-state index contributed by atoms with van der Waals surface area (Å²) in [4.78, 5) is 20.2. The Hall–Kier alpha value is -2.60. The Labute approximate surface area is 210 Å². The average Bonchev–Trinajstić information content (AvgIpc) is 2.76. The fraction of sp³-hybridized carbons (Fsp3) is 0.278. The molecular formula is C18H9ClF10N2O4S2. The van der Waals surface area contributed by atoms with Crippen molar-refractivity contribution in [2.75, 3.05) is 11.1 Å². The first-order valence-corrected chi connectivity index (χ1v) is 11.5. The molecule has 0 saturated carbocycles. The maximum Gasteiger partial charge on any atom is 0.461 e. The molecule has 19 heteroatoms. The summed E-state index contributed by atoms with van der Waals surface area (Å²) >= 11 is 6.05. The lowest BCUT2D eigenvalue weighted by molar-refractivity contribution is -0.388. The molecule has 2 aromatic rings. The minimum absolute atomic E-state index is 0.0698. The predicted molar refractivity (Wildman–Crippen MR) is 111 cm³/mol. The Morgan fingerprint density at radius 3 is 2.11 bits per heavy atom. The maximum absolute atomic E-state index is 13.7. The van der Waals surface area contributed by atoms with Crippen LogP contribution in [0.1, 0.15) is 5.56 Å². The summed E-state index contributed by atoms with van der Waals surface area (Å²) in [7, 11) is -4.40. The van der Waals surface area contributed by atoms with Crippen LogP contribution in [-0.2, 0) is 21.8 Å². The van der Waals surface area contributed by atoms with Crippen molar-refractivity contribution < 1.29 is 57.8 Å². The summed E-state index contributed by atoms with van der Waals surface area (Å²) in [5.41, 5.74) is -2.80. The summed E-state index contributed by atoms with van der Waals surface area (Å²) in [5.74, 6) is -8.52. The number of halogens is 11. The molecule has 1 unspecified atom stereocenters. The quantitative estimate of drug-likeness (QED) is 0.153. The molecule has 0 aliphatic rings. The van der Waals surface area contributed by atoms with E-state index in [0.29, 0.717) is 36.0 Å². The zero-order valence-electron chi connectivity index (χ0n) is 17.2. The molecule has 37 heavy (non-hydrogen) atoms. The molecule has 2 aromatic carbocycles. The number of nitrogens with one attached hydrogen (secondary N) is 1. The Bertz CT molecular complexity index is 1240. The number of nitro groups is 1. The number of hydrogen-bond donors (Lipinski definition) is 1. The second-order valence-corrected chi connectivity index (χ2v) is 9.72. The normalized spacial score (nSPS) is 13.8. The minimum Gasteiger partial charge on any atom is -0.324 e. The van der Waals surface area contributed by atoms with Crippen molar-refractivity contribution in [1.29, 1.82) is 0 Å². The molecule has 0 radical (unpaired) electrons. The van der Waals surface area contributed by atoms with Gasteiger partial charge in [0.25, 0.3) is 5.69 Å². The van der Waals surface area contributed by atoms with Crippen LogP contribution in [0.5, 0.6) is 0 Å². The van der Waals surface area contributed by atoms with Crippen molar-refractivity contribution in [3.8, 4) is 0 Å². The summed E-state index contributed by atoms with van der Waals surface area (Å²) in [5, 5.41) is 6.80. The smallest absolute Gasteiger partial charge is 0.324 e. The number of rotatable bonds is 8. The van der Waals surface area contributed by atoms with E-state index in [9.17, 15) is 63.0 Å². The van der Waals surface area contributed by atoms with Gasteiger partial charge in [0.1, 0.15) is 10.8 Å². The van der Waals surface area contributed by atoms with Gasteiger partial charge in [-0.25, -0.2) is 4.21 Å². The monoisotopic (exact) mass is 606 g/mol. The Morgan fingerprint density at radius 2 is 1.59 bits per heavy atom. The van der Waals surface area contributed by atoms with Crippen LogP contribution in [-0.4, -0.2) is 38.1 Å². The molecule has 0 heterocycles. The molecule has 0 bridgehead atoms. The van der Waals surface area contributed by atoms with Crippen molar-refractivity contribution in [2.24, 2.45) is 0 Å². The highest BCUT2D eigenvalue weighted by Gasteiger charge is 2.76. The molecule has 0 aromatic heterocycles. The first kappa shape index (κ1) is 30.6. The fourth-order valence-electron chi connectivity index (χ4n) is 2.43. The van der Waals surface area contributed by atoms with E-state index in [-0.39, 0.29) is 11.1 Å². The first-order valence-electron chi connectivity index (χ1n) is 9.02. The lowest BCUT2D eigenvalue weighted by Crippen LogP contribution is -2.54. The average molecular weight is 607 g/mol. The SMILES string of the molecule is O=C(CSc1ccc(S(=O)C(F)(F)C(F)(F)C(F)(F)F)cc1[N+](=O)[O-])Nc1cc(C(F)(F)F)ccc1Cl. The number of anilines is 1. The van der Waals surface area contributed by atoms with Crippen LogP contribution in [0.25, 0.3) is 0 Å². The van der Waals surface area contributed by atoms with E-state index < -0.39 is 77.6 Å². The molecule has 2 rings (SSSR count). The summed E-state index contributed by atoms with van der Waals surface area (Å²) in [6.07, 6.45) is -11.6. The minimum atomic E-state index is -6.79. The van der Waals surface area contributed by atoms with Gasteiger partial charge in [0.2, 0.25) is 5.91 Å². The number of carbonyl (C=O) groups excluding carboxylic acids is 1. The van der Waals surface area contributed by atoms with Gasteiger partial charge in [0, 0.05) is 6.07 Å². The molecule has 0 fully saturated rings. The molecule has 0 aliphatic carbocycles. The van der Waals surface area contributed by atoms with Gasteiger partial charge >= 0.3 is 23.5 Å². The summed E-state index contributed by atoms with van der Waals surface area (Å²) in [6, 6.07) is 2.98. The highest BCUT2D eigenvalue weighted by atomic mass is 35.5. The third kappa shape index (κ3) is 6.64.